The van der Waals surface area contributed by atoms with Gasteiger partial charge in [-0.3, -0.25) is 0 Å². The Morgan fingerprint density at radius 1 is 0.731 bits per heavy atom. The van der Waals surface area contributed by atoms with E-state index in [2.05, 4.69) is 43.4 Å². The maximum absolute atomic E-state index is 5.88. The summed E-state index contributed by atoms with van der Waals surface area (Å²) in [4.78, 5) is 0. The van der Waals surface area contributed by atoms with Gasteiger partial charge in [0.05, 0.1) is 13.2 Å². The van der Waals surface area contributed by atoms with Crippen molar-refractivity contribution in [1.82, 2.24) is 0 Å². The first-order chi connectivity index (χ1) is 12.8. The summed E-state index contributed by atoms with van der Waals surface area (Å²) in [7, 11) is 0. The molecule has 26 heavy (non-hydrogen) atoms. The fourth-order valence-electron chi connectivity index (χ4n) is 2.72. The molecule has 2 aromatic carbocycles. The van der Waals surface area contributed by atoms with E-state index in [1.54, 1.807) is 0 Å². The van der Waals surface area contributed by atoms with Crippen LogP contribution in [-0.4, -0.2) is 13.2 Å². The maximum Gasteiger partial charge on any atom is 0.121 e. The van der Waals surface area contributed by atoms with Crippen molar-refractivity contribution < 1.29 is 9.47 Å². The molecule has 3 nitrogen and oxygen atoms in total. The number of hydrogen-bond donors (Lipinski definition) is 1. The number of unbranched alkanes of at least 4 members (excludes halogenated alkanes) is 4. The van der Waals surface area contributed by atoms with Gasteiger partial charge in [0.25, 0.3) is 0 Å². The zero-order valence-electron chi connectivity index (χ0n) is 16.3. The van der Waals surface area contributed by atoms with Crippen molar-refractivity contribution in [3.63, 3.8) is 0 Å². The number of ether oxygens (including phenoxy) is 2. The zero-order chi connectivity index (χ0) is 18.5. The van der Waals surface area contributed by atoms with Gasteiger partial charge in [-0.15, -0.1) is 0 Å². The zero-order valence-corrected chi connectivity index (χ0v) is 16.3. The summed E-state index contributed by atoms with van der Waals surface area (Å²) in [6.07, 6.45) is 7.33. The van der Waals surface area contributed by atoms with Crippen LogP contribution in [0.2, 0.25) is 0 Å². The van der Waals surface area contributed by atoms with Crippen LogP contribution in [0.3, 0.4) is 0 Å². The van der Waals surface area contributed by atoms with Crippen LogP contribution >= 0.6 is 0 Å². The highest BCUT2D eigenvalue weighted by atomic mass is 16.5. The first-order valence-electron chi connectivity index (χ1n) is 10.00. The topological polar surface area (TPSA) is 30.5 Å². The van der Waals surface area contributed by atoms with E-state index in [0.717, 1.165) is 49.8 Å². The lowest BCUT2D eigenvalue weighted by Crippen LogP contribution is -2.01. The lowest BCUT2D eigenvalue weighted by atomic mass is 10.2. The van der Waals surface area contributed by atoms with Crippen molar-refractivity contribution in [1.29, 1.82) is 0 Å². The Hall–Kier alpha value is -2.16. The fraction of sp³-hybridized carbons (Fsp3) is 0.478. The molecular formula is C23H33NO2. The van der Waals surface area contributed by atoms with Crippen molar-refractivity contribution in [2.75, 3.05) is 18.5 Å². The van der Waals surface area contributed by atoms with Gasteiger partial charge in [0, 0.05) is 18.3 Å². The van der Waals surface area contributed by atoms with E-state index in [-0.39, 0.29) is 0 Å². The fourth-order valence-corrected chi connectivity index (χ4v) is 2.72. The molecule has 0 fully saturated rings. The summed E-state index contributed by atoms with van der Waals surface area (Å²) in [5.41, 5.74) is 2.32. The van der Waals surface area contributed by atoms with Gasteiger partial charge in [0.2, 0.25) is 0 Å². The number of rotatable bonds is 13. The van der Waals surface area contributed by atoms with Crippen molar-refractivity contribution in [2.24, 2.45) is 0 Å². The lowest BCUT2D eigenvalue weighted by Gasteiger charge is -2.11. The Kier molecular flexibility index (Phi) is 9.48. The van der Waals surface area contributed by atoms with Crippen LogP contribution in [0.4, 0.5) is 5.69 Å². The molecule has 0 atom stereocenters. The van der Waals surface area contributed by atoms with Crippen LogP contribution in [0.25, 0.3) is 0 Å². The Labute approximate surface area is 158 Å². The molecule has 142 valence electrons. The second-order valence-electron chi connectivity index (χ2n) is 6.64. The van der Waals surface area contributed by atoms with Gasteiger partial charge in [-0.25, -0.2) is 0 Å². The molecule has 2 rings (SSSR count). The first-order valence-corrected chi connectivity index (χ1v) is 10.00. The second kappa shape index (κ2) is 12.2. The molecule has 0 aliphatic rings. The highest BCUT2D eigenvalue weighted by Gasteiger charge is 1.99. The smallest absolute Gasteiger partial charge is 0.121 e. The van der Waals surface area contributed by atoms with Gasteiger partial charge in [0.15, 0.2) is 0 Å². The van der Waals surface area contributed by atoms with E-state index in [1.807, 2.05) is 24.3 Å². The standard InChI is InChI=1S/C23H33NO2/c1-3-5-6-7-8-17-26-23-11-9-10-21(18-23)24-19-20-12-14-22(15-13-20)25-16-4-2/h9-15,18,24H,3-8,16-17,19H2,1-2H3. The van der Waals surface area contributed by atoms with Gasteiger partial charge in [-0.05, 0) is 42.7 Å². The van der Waals surface area contributed by atoms with Crippen LogP contribution in [0.15, 0.2) is 48.5 Å². The molecule has 0 saturated carbocycles. The largest absolute Gasteiger partial charge is 0.494 e. The van der Waals surface area contributed by atoms with Gasteiger partial charge in [0.1, 0.15) is 11.5 Å². The van der Waals surface area contributed by atoms with Crippen molar-refractivity contribution in [3.05, 3.63) is 54.1 Å². The molecule has 0 aromatic heterocycles. The summed E-state index contributed by atoms with van der Waals surface area (Å²) >= 11 is 0. The molecule has 2 aromatic rings. The summed E-state index contributed by atoms with van der Waals surface area (Å²) in [6.45, 7) is 6.70. The molecule has 0 saturated heterocycles. The van der Waals surface area contributed by atoms with Crippen LogP contribution in [0.1, 0.15) is 57.9 Å². The van der Waals surface area contributed by atoms with Crippen LogP contribution in [0.5, 0.6) is 11.5 Å². The highest BCUT2D eigenvalue weighted by molar-refractivity contribution is 5.48. The van der Waals surface area contributed by atoms with Crippen molar-refractivity contribution in [2.45, 2.75) is 58.9 Å². The number of anilines is 1. The lowest BCUT2D eigenvalue weighted by molar-refractivity contribution is 0.304. The van der Waals surface area contributed by atoms with E-state index >= 15 is 0 Å². The third-order valence-corrected chi connectivity index (χ3v) is 4.24. The molecule has 3 heteroatoms. The number of hydrogen-bond acceptors (Lipinski definition) is 3. The average Bonchev–Trinajstić information content (AvgIpc) is 2.68. The van der Waals surface area contributed by atoms with E-state index in [9.17, 15) is 0 Å². The van der Waals surface area contributed by atoms with Crippen LogP contribution in [-0.2, 0) is 6.54 Å². The van der Waals surface area contributed by atoms with Crippen LogP contribution in [0, 0.1) is 0 Å². The normalized spacial score (nSPS) is 10.5. The minimum Gasteiger partial charge on any atom is -0.494 e. The third kappa shape index (κ3) is 7.81. The minimum atomic E-state index is 0.767. The van der Waals surface area contributed by atoms with E-state index in [0.29, 0.717) is 0 Å². The highest BCUT2D eigenvalue weighted by Crippen LogP contribution is 2.19. The van der Waals surface area contributed by atoms with E-state index < -0.39 is 0 Å². The molecule has 0 aliphatic heterocycles. The van der Waals surface area contributed by atoms with Gasteiger partial charge in [-0.1, -0.05) is 57.7 Å². The predicted molar refractivity (Wildman–Crippen MR) is 110 cm³/mol. The molecule has 0 spiro atoms. The summed E-state index contributed by atoms with van der Waals surface area (Å²) in [5, 5.41) is 3.46. The van der Waals surface area contributed by atoms with Crippen molar-refractivity contribution in [3.8, 4) is 11.5 Å². The molecule has 0 unspecified atom stereocenters. The first kappa shape index (κ1) is 20.2. The molecule has 0 radical (unpaired) electrons. The Balaban J connectivity index is 1.73. The monoisotopic (exact) mass is 355 g/mol. The maximum atomic E-state index is 5.88. The van der Waals surface area contributed by atoms with Crippen LogP contribution < -0.4 is 14.8 Å². The van der Waals surface area contributed by atoms with Crippen molar-refractivity contribution >= 4 is 5.69 Å². The molecule has 0 bridgehead atoms. The predicted octanol–water partition coefficient (Wildman–Crippen LogP) is 6.44. The number of nitrogens with one attached hydrogen (secondary N) is 1. The molecule has 0 aliphatic carbocycles. The molecule has 0 amide bonds. The second-order valence-corrected chi connectivity index (χ2v) is 6.64. The van der Waals surface area contributed by atoms with Gasteiger partial charge >= 0.3 is 0 Å². The molecule has 0 heterocycles. The SMILES string of the molecule is CCCCCCCOc1cccc(NCc2ccc(OCCC)cc2)c1. The van der Waals surface area contributed by atoms with Gasteiger partial charge in [-0.2, -0.15) is 0 Å². The number of benzene rings is 2. The summed E-state index contributed by atoms with van der Waals surface area (Å²) in [6, 6.07) is 16.5. The van der Waals surface area contributed by atoms with E-state index in [1.165, 1.54) is 31.2 Å². The third-order valence-electron chi connectivity index (χ3n) is 4.24. The minimum absolute atomic E-state index is 0.767. The molecular weight excluding hydrogens is 322 g/mol. The Morgan fingerprint density at radius 3 is 2.27 bits per heavy atom. The molecule has 1 N–H and O–H groups in total. The summed E-state index contributed by atoms with van der Waals surface area (Å²) < 4.78 is 11.5. The Morgan fingerprint density at radius 2 is 1.50 bits per heavy atom. The Bertz CT molecular complexity index is 610. The van der Waals surface area contributed by atoms with Gasteiger partial charge < -0.3 is 14.8 Å². The van der Waals surface area contributed by atoms with E-state index in [4.69, 9.17) is 9.47 Å². The average molecular weight is 356 g/mol. The quantitative estimate of drug-likeness (QED) is 0.420. The summed E-state index contributed by atoms with van der Waals surface area (Å²) in [5.74, 6) is 1.87.